The number of pyridine rings is 2. The number of methoxy groups -OCH3 is 1. The maximum absolute atomic E-state index is 13.7. The largest absolute Gasteiger partial charge is 0.619 e. The minimum atomic E-state index is -5.06. The fourth-order valence-corrected chi connectivity index (χ4v) is 5.81. The summed E-state index contributed by atoms with van der Waals surface area (Å²) in [6.07, 6.45) is -7.22. The van der Waals surface area contributed by atoms with E-state index in [9.17, 15) is 36.3 Å². The standard InChI is InChI=1S/C32H30F6N6O4/c1-4-23-27(39)26(28-24(8-9-25(42-28)47-3)44(23)30(45)48-5-2)29-40-15-21(18-7-6-10-43(46)16-18)22(41-29)13-17-11-19(31(33,34)35)14-20(12-17)32(36,37)38/h6-12,14-16,23,26-27H,4-5,13,39H2,1-3H3. The van der Waals surface area contributed by atoms with E-state index in [0.717, 1.165) is 0 Å². The van der Waals surface area contributed by atoms with Gasteiger partial charge in [-0.05, 0) is 49.2 Å². The number of anilines is 1. The third kappa shape index (κ3) is 6.83. The third-order valence-electron chi connectivity index (χ3n) is 7.95. The van der Waals surface area contributed by atoms with Gasteiger partial charge in [-0.15, -0.1) is 0 Å². The van der Waals surface area contributed by atoms with E-state index in [-0.39, 0.29) is 52.5 Å². The van der Waals surface area contributed by atoms with E-state index in [4.69, 9.17) is 15.2 Å². The number of fused-ring (bicyclic) bond motifs is 1. The molecule has 1 aromatic carbocycles. The quantitative estimate of drug-likeness (QED) is 0.143. The van der Waals surface area contributed by atoms with Gasteiger partial charge in [0.2, 0.25) is 5.88 Å². The molecule has 0 saturated carbocycles. The van der Waals surface area contributed by atoms with Gasteiger partial charge in [-0.25, -0.2) is 19.7 Å². The fourth-order valence-electron chi connectivity index (χ4n) is 5.81. The van der Waals surface area contributed by atoms with Crippen molar-refractivity contribution >= 4 is 11.8 Å². The first-order valence-corrected chi connectivity index (χ1v) is 14.8. The molecular formula is C32H30F6N6O4. The summed E-state index contributed by atoms with van der Waals surface area (Å²) in [5.41, 5.74) is 4.57. The number of alkyl halides is 6. The third-order valence-corrected chi connectivity index (χ3v) is 7.95. The number of carbonyl (C=O) groups excluding carboxylic acids is 1. The molecule has 1 amide bonds. The lowest BCUT2D eigenvalue weighted by Gasteiger charge is -2.43. The number of aromatic nitrogens is 4. The molecule has 0 radical (unpaired) electrons. The number of rotatable bonds is 7. The minimum absolute atomic E-state index is 0.0242. The SMILES string of the molecule is CCOC(=O)N1c2ccc(OC)nc2C(c2ncc(-c3ccc[n+]([O-])c3)c(Cc3cc(C(F)(F)F)cc(C(F)(F)F)c3)n2)C(N)C1CC. The van der Waals surface area contributed by atoms with Crippen LogP contribution in [0, 0.1) is 5.21 Å². The first-order valence-electron chi connectivity index (χ1n) is 14.8. The molecule has 0 saturated heterocycles. The van der Waals surface area contributed by atoms with Crippen molar-refractivity contribution in [3.05, 3.63) is 100 Å². The van der Waals surface area contributed by atoms with Crippen molar-refractivity contribution in [1.29, 1.82) is 0 Å². The van der Waals surface area contributed by atoms with Crippen LogP contribution in [0.25, 0.3) is 11.1 Å². The van der Waals surface area contributed by atoms with Gasteiger partial charge in [-0.1, -0.05) is 6.92 Å². The van der Waals surface area contributed by atoms with Crippen molar-refractivity contribution in [3.8, 4) is 17.0 Å². The van der Waals surface area contributed by atoms with Crippen molar-refractivity contribution in [2.24, 2.45) is 5.73 Å². The Bertz CT molecular complexity index is 1790. The molecule has 254 valence electrons. The molecule has 16 heteroatoms. The van der Waals surface area contributed by atoms with Crippen LogP contribution < -0.4 is 20.1 Å². The highest BCUT2D eigenvalue weighted by Gasteiger charge is 2.45. The van der Waals surface area contributed by atoms with Gasteiger partial charge in [0.05, 0.1) is 59.4 Å². The van der Waals surface area contributed by atoms with Crippen molar-refractivity contribution < 1.29 is 45.3 Å². The number of nitrogens with two attached hydrogens (primary N) is 1. The molecule has 0 aliphatic carbocycles. The molecule has 5 rings (SSSR count). The predicted octanol–water partition coefficient (Wildman–Crippen LogP) is 6.02. The van der Waals surface area contributed by atoms with Gasteiger partial charge in [0.1, 0.15) is 5.82 Å². The van der Waals surface area contributed by atoms with E-state index in [2.05, 4.69) is 15.0 Å². The molecule has 1 aliphatic heterocycles. The van der Waals surface area contributed by atoms with Crippen LogP contribution in [0.3, 0.4) is 0 Å². The van der Waals surface area contributed by atoms with Crippen LogP contribution in [-0.4, -0.2) is 46.8 Å². The number of carbonyl (C=O) groups is 1. The smallest absolute Gasteiger partial charge is 0.416 e. The Balaban J connectivity index is 1.72. The molecule has 3 atom stereocenters. The fraction of sp³-hybridized carbons (Fsp3) is 0.344. The number of hydrogen-bond acceptors (Lipinski definition) is 8. The van der Waals surface area contributed by atoms with Gasteiger partial charge in [-0.3, -0.25) is 4.90 Å². The summed E-state index contributed by atoms with van der Waals surface area (Å²) >= 11 is 0. The van der Waals surface area contributed by atoms with Gasteiger partial charge in [0, 0.05) is 36.4 Å². The monoisotopic (exact) mass is 676 g/mol. The first kappa shape index (κ1) is 34.3. The van der Waals surface area contributed by atoms with Gasteiger partial charge < -0.3 is 20.4 Å². The summed E-state index contributed by atoms with van der Waals surface area (Å²) in [5.74, 6) is -0.695. The molecule has 10 nitrogen and oxygen atoms in total. The highest BCUT2D eigenvalue weighted by molar-refractivity contribution is 5.90. The Morgan fingerprint density at radius 1 is 1.04 bits per heavy atom. The molecule has 2 N–H and O–H groups in total. The second-order valence-electron chi connectivity index (χ2n) is 11.0. The molecule has 0 spiro atoms. The average Bonchev–Trinajstić information content (AvgIpc) is 3.03. The number of benzene rings is 1. The normalized spacial score (nSPS) is 18.0. The lowest BCUT2D eigenvalue weighted by Crippen LogP contribution is -2.57. The number of amides is 1. The van der Waals surface area contributed by atoms with Gasteiger partial charge in [-0.2, -0.15) is 31.1 Å². The van der Waals surface area contributed by atoms with Crippen LogP contribution >= 0.6 is 0 Å². The molecule has 0 bridgehead atoms. The van der Waals surface area contributed by atoms with Crippen molar-refractivity contribution in [2.45, 2.75) is 57.0 Å². The van der Waals surface area contributed by atoms with E-state index in [0.29, 0.717) is 29.0 Å². The van der Waals surface area contributed by atoms with Crippen LogP contribution in [0.4, 0.5) is 36.8 Å². The lowest BCUT2D eigenvalue weighted by atomic mass is 9.82. The van der Waals surface area contributed by atoms with Crippen LogP contribution in [-0.2, 0) is 23.5 Å². The van der Waals surface area contributed by atoms with E-state index < -0.39 is 54.0 Å². The zero-order valence-electron chi connectivity index (χ0n) is 25.8. The molecule has 4 aromatic rings. The van der Waals surface area contributed by atoms with Gasteiger partial charge >= 0.3 is 18.4 Å². The van der Waals surface area contributed by atoms with Crippen LogP contribution in [0.5, 0.6) is 5.88 Å². The lowest BCUT2D eigenvalue weighted by molar-refractivity contribution is -0.604. The summed E-state index contributed by atoms with van der Waals surface area (Å²) in [7, 11) is 1.39. The highest BCUT2D eigenvalue weighted by Crippen LogP contribution is 2.43. The molecular weight excluding hydrogens is 646 g/mol. The van der Waals surface area contributed by atoms with E-state index in [1.54, 1.807) is 19.1 Å². The van der Waals surface area contributed by atoms with Crippen LogP contribution in [0.1, 0.15) is 60.1 Å². The van der Waals surface area contributed by atoms with Crippen molar-refractivity contribution in [1.82, 2.24) is 15.0 Å². The van der Waals surface area contributed by atoms with Gasteiger partial charge in [0.25, 0.3) is 0 Å². The Kier molecular flexibility index (Phi) is 9.48. The second-order valence-corrected chi connectivity index (χ2v) is 11.0. The summed E-state index contributed by atoms with van der Waals surface area (Å²) < 4.78 is 93.5. The second kappa shape index (κ2) is 13.3. The first-order chi connectivity index (χ1) is 22.7. The molecule has 0 fully saturated rings. The minimum Gasteiger partial charge on any atom is -0.619 e. The number of hydrogen-bond donors (Lipinski definition) is 1. The molecule has 48 heavy (non-hydrogen) atoms. The number of halogens is 6. The van der Waals surface area contributed by atoms with Crippen molar-refractivity contribution in [2.75, 3.05) is 18.6 Å². The van der Waals surface area contributed by atoms with E-state index >= 15 is 0 Å². The maximum Gasteiger partial charge on any atom is 0.416 e. The zero-order chi connectivity index (χ0) is 35.0. The van der Waals surface area contributed by atoms with E-state index in [1.807, 2.05) is 6.92 Å². The Morgan fingerprint density at radius 3 is 2.31 bits per heavy atom. The Labute approximate surface area is 270 Å². The number of ether oxygens (including phenoxy) is 2. The Hall–Kier alpha value is -4.99. The average molecular weight is 677 g/mol. The molecule has 1 aliphatic rings. The predicted molar refractivity (Wildman–Crippen MR) is 160 cm³/mol. The van der Waals surface area contributed by atoms with E-state index in [1.165, 1.54) is 42.7 Å². The van der Waals surface area contributed by atoms with Gasteiger partial charge in [0.15, 0.2) is 12.4 Å². The molecule has 4 heterocycles. The van der Waals surface area contributed by atoms with Crippen LogP contribution in [0.15, 0.2) is 61.1 Å². The summed E-state index contributed by atoms with van der Waals surface area (Å²) in [5, 5.41) is 12.1. The Morgan fingerprint density at radius 2 is 1.73 bits per heavy atom. The van der Waals surface area contributed by atoms with Crippen molar-refractivity contribution in [3.63, 3.8) is 0 Å². The molecule has 3 aromatic heterocycles. The topological polar surface area (TPSA) is 130 Å². The zero-order valence-corrected chi connectivity index (χ0v) is 25.8. The summed E-state index contributed by atoms with van der Waals surface area (Å²) in [6, 6.07) is 5.85. The maximum atomic E-state index is 13.7. The number of nitrogens with zero attached hydrogens (tertiary/aromatic N) is 5. The molecule has 3 unspecified atom stereocenters. The summed E-state index contributed by atoms with van der Waals surface area (Å²) in [6.45, 7) is 3.55. The highest BCUT2D eigenvalue weighted by atomic mass is 19.4. The summed E-state index contributed by atoms with van der Waals surface area (Å²) in [4.78, 5) is 28.3. The van der Waals surface area contributed by atoms with Crippen LogP contribution in [0.2, 0.25) is 0 Å².